The molecule has 3 aromatic carbocycles. The first-order valence-electron chi connectivity index (χ1n) is 10.7. The lowest BCUT2D eigenvalue weighted by atomic mass is 10.0. The number of rotatable bonds is 5. The van der Waals surface area contributed by atoms with E-state index >= 15 is 0 Å². The van der Waals surface area contributed by atoms with Gasteiger partial charge in [-0.05, 0) is 76.1 Å². The number of aromatic hydroxyl groups is 1. The highest BCUT2D eigenvalue weighted by atomic mass is 16.3. The highest BCUT2D eigenvalue weighted by Gasteiger charge is 2.16. The molecule has 1 heterocycles. The van der Waals surface area contributed by atoms with Gasteiger partial charge in [-0.3, -0.25) is 0 Å². The molecule has 0 aliphatic rings. The van der Waals surface area contributed by atoms with Gasteiger partial charge in [-0.25, -0.2) is 15.0 Å². The fourth-order valence-electron chi connectivity index (χ4n) is 4.01. The molecular weight excluding hydrogens is 398 g/mol. The predicted molar refractivity (Wildman–Crippen MR) is 128 cm³/mol. The highest BCUT2D eigenvalue weighted by molar-refractivity contribution is 5.70. The number of aromatic nitrogens is 3. The van der Waals surface area contributed by atoms with Crippen LogP contribution >= 0.6 is 0 Å². The number of hydrogen-bond donors (Lipinski definition) is 2. The summed E-state index contributed by atoms with van der Waals surface area (Å²) in [7, 11) is 0. The number of aliphatic hydroxyl groups excluding tert-OH is 1. The Morgan fingerprint density at radius 1 is 0.625 bits per heavy atom. The topological polar surface area (TPSA) is 79.1 Å². The lowest BCUT2D eigenvalue weighted by Gasteiger charge is -2.12. The van der Waals surface area contributed by atoms with Crippen LogP contribution in [-0.2, 0) is 6.42 Å². The Morgan fingerprint density at radius 2 is 1.09 bits per heavy atom. The maximum atomic E-state index is 10.7. The summed E-state index contributed by atoms with van der Waals surface area (Å²) in [6.07, 6.45) is 0.479. The molecule has 0 bridgehead atoms. The van der Waals surface area contributed by atoms with Gasteiger partial charge in [0.25, 0.3) is 0 Å². The molecule has 0 amide bonds. The van der Waals surface area contributed by atoms with Crippen molar-refractivity contribution in [3.63, 3.8) is 0 Å². The fraction of sp³-hybridized carbons (Fsp3) is 0.222. The van der Waals surface area contributed by atoms with Gasteiger partial charge in [0.1, 0.15) is 5.75 Å². The van der Waals surface area contributed by atoms with Crippen molar-refractivity contribution in [1.29, 1.82) is 0 Å². The van der Waals surface area contributed by atoms with Crippen LogP contribution in [0.1, 0.15) is 27.8 Å². The van der Waals surface area contributed by atoms with Crippen LogP contribution in [0, 0.1) is 27.7 Å². The number of aliphatic hydroxyl groups is 1. The van der Waals surface area contributed by atoms with Gasteiger partial charge in [-0.15, -0.1) is 0 Å². The van der Waals surface area contributed by atoms with E-state index in [0.717, 1.165) is 38.9 Å². The molecule has 0 saturated carbocycles. The molecule has 0 aliphatic carbocycles. The Hall–Kier alpha value is -3.57. The maximum Gasteiger partial charge on any atom is 0.167 e. The Labute approximate surface area is 188 Å². The molecule has 2 N–H and O–H groups in total. The molecule has 0 radical (unpaired) electrons. The number of hydrogen-bond acceptors (Lipinski definition) is 5. The minimum atomic E-state index is 0.0261. The molecule has 1 aromatic heterocycles. The number of aryl methyl sites for hydroxylation is 4. The zero-order valence-electron chi connectivity index (χ0n) is 18.8. The van der Waals surface area contributed by atoms with Crippen LogP contribution in [-0.4, -0.2) is 31.8 Å². The molecule has 5 nitrogen and oxygen atoms in total. The first-order chi connectivity index (χ1) is 15.3. The van der Waals surface area contributed by atoms with Crippen LogP contribution in [0.25, 0.3) is 34.2 Å². The number of benzene rings is 3. The van der Waals surface area contributed by atoms with Gasteiger partial charge in [0.2, 0.25) is 0 Å². The van der Waals surface area contributed by atoms with Gasteiger partial charge in [-0.2, -0.15) is 0 Å². The van der Waals surface area contributed by atoms with E-state index in [1.807, 2.05) is 6.07 Å². The normalized spacial score (nSPS) is 11.0. The first-order valence-corrected chi connectivity index (χ1v) is 10.7. The van der Waals surface area contributed by atoms with Crippen LogP contribution in [0.4, 0.5) is 0 Å². The molecule has 5 heteroatoms. The van der Waals surface area contributed by atoms with Crippen molar-refractivity contribution in [3.05, 3.63) is 82.4 Å². The summed E-state index contributed by atoms with van der Waals surface area (Å²) >= 11 is 0. The molecule has 0 aliphatic heterocycles. The lowest BCUT2D eigenvalue weighted by molar-refractivity contribution is 0.299. The summed E-state index contributed by atoms with van der Waals surface area (Å²) in [5.41, 5.74) is 7.73. The smallest absolute Gasteiger partial charge is 0.167 e. The van der Waals surface area contributed by atoms with Crippen LogP contribution in [0.5, 0.6) is 5.75 Å². The van der Waals surface area contributed by atoms with Gasteiger partial charge in [-0.1, -0.05) is 40.5 Å². The SMILES string of the molecule is Cc1cc(C)cc(-c2nc(-c3cc(C)cc(C)c3)nc(-c3ccc(CCO)cc3O)n2)c1. The van der Waals surface area contributed by atoms with E-state index < -0.39 is 0 Å². The number of nitrogens with zero attached hydrogens (tertiary/aromatic N) is 3. The Bertz CT molecular complexity index is 1190. The summed E-state index contributed by atoms with van der Waals surface area (Å²) in [4.78, 5) is 14.3. The minimum absolute atomic E-state index is 0.0261. The monoisotopic (exact) mass is 425 g/mol. The van der Waals surface area contributed by atoms with Crippen LogP contribution < -0.4 is 0 Å². The van der Waals surface area contributed by atoms with E-state index in [2.05, 4.69) is 64.1 Å². The average Bonchev–Trinajstić information content (AvgIpc) is 2.72. The van der Waals surface area contributed by atoms with E-state index in [1.54, 1.807) is 12.1 Å². The summed E-state index contributed by atoms with van der Waals surface area (Å²) in [6, 6.07) is 17.8. The molecule has 4 rings (SSSR count). The van der Waals surface area contributed by atoms with Gasteiger partial charge in [0, 0.05) is 17.7 Å². The molecule has 32 heavy (non-hydrogen) atoms. The third kappa shape index (κ3) is 4.68. The van der Waals surface area contributed by atoms with Crippen molar-refractivity contribution in [1.82, 2.24) is 15.0 Å². The van der Waals surface area contributed by atoms with Crippen molar-refractivity contribution >= 4 is 0 Å². The van der Waals surface area contributed by atoms with Crippen molar-refractivity contribution < 1.29 is 10.2 Å². The highest BCUT2D eigenvalue weighted by Crippen LogP contribution is 2.31. The number of phenolic OH excluding ortho intramolecular Hbond substituents is 1. The number of phenols is 1. The van der Waals surface area contributed by atoms with Crippen molar-refractivity contribution in [2.24, 2.45) is 0 Å². The standard InChI is InChI=1S/C27H27N3O2/c1-16-9-17(2)12-21(11-16)25-28-26(22-13-18(3)10-19(4)14-22)30-27(29-25)23-6-5-20(7-8-31)15-24(23)32/h5-6,9-15,31-32H,7-8H2,1-4H3. The molecule has 0 saturated heterocycles. The van der Waals surface area contributed by atoms with Crippen LogP contribution in [0.2, 0.25) is 0 Å². The van der Waals surface area contributed by atoms with Gasteiger partial charge in [0.15, 0.2) is 17.5 Å². The second-order valence-electron chi connectivity index (χ2n) is 8.38. The maximum absolute atomic E-state index is 10.7. The predicted octanol–water partition coefficient (Wildman–Crippen LogP) is 5.35. The van der Waals surface area contributed by atoms with Crippen molar-refractivity contribution in [2.45, 2.75) is 34.1 Å². The minimum Gasteiger partial charge on any atom is -0.507 e. The van der Waals surface area contributed by atoms with E-state index in [9.17, 15) is 10.2 Å². The van der Waals surface area contributed by atoms with Gasteiger partial charge in [0.05, 0.1) is 5.56 Å². The van der Waals surface area contributed by atoms with E-state index in [0.29, 0.717) is 29.5 Å². The molecular formula is C27H27N3O2. The third-order valence-corrected chi connectivity index (χ3v) is 5.30. The second-order valence-corrected chi connectivity index (χ2v) is 8.38. The summed E-state index contributed by atoms with van der Waals surface area (Å²) in [5, 5.41) is 19.9. The molecule has 4 aromatic rings. The molecule has 0 fully saturated rings. The third-order valence-electron chi connectivity index (χ3n) is 5.30. The zero-order valence-corrected chi connectivity index (χ0v) is 18.8. The molecule has 162 valence electrons. The molecule has 0 atom stereocenters. The van der Waals surface area contributed by atoms with Gasteiger partial charge >= 0.3 is 0 Å². The first kappa shape index (κ1) is 21.7. The quantitative estimate of drug-likeness (QED) is 0.451. The zero-order chi connectivity index (χ0) is 22.8. The molecule has 0 unspecified atom stereocenters. The van der Waals surface area contributed by atoms with Gasteiger partial charge < -0.3 is 10.2 Å². The van der Waals surface area contributed by atoms with E-state index in [1.165, 1.54) is 0 Å². The van der Waals surface area contributed by atoms with Crippen molar-refractivity contribution in [3.8, 4) is 39.9 Å². The fourth-order valence-corrected chi connectivity index (χ4v) is 4.01. The van der Waals surface area contributed by atoms with Crippen LogP contribution in [0.15, 0.2) is 54.6 Å². The largest absolute Gasteiger partial charge is 0.507 e. The van der Waals surface area contributed by atoms with Crippen LogP contribution in [0.3, 0.4) is 0 Å². The summed E-state index contributed by atoms with van der Waals surface area (Å²) < 4.78 is 0. The summed E-state index contributed by atoms with van der Waals surface area (Å²) in [5.74, 6) is 1.63. The second kappa shape index (κ2) is 8.89. The Balaban J connectivity index is 1.93. The Morgan fingerprint density at radius 3 is 1.53 bits per heavy atom. The Kier molecular flexibility index (Phi) is 6.01. The average molecular weight is 426 g/mol. The van der Waals surface area contributed by atoms with E-state index in [-0.39, 0.29) is 12.4 Å². The summed E-state index contributed by atoms with van der Waals surface area (Å²) in [6.45, 7) is 8.23. The van der Waals surface area contributed by atoms with E-state index in [4.69, 9.17) is 15.0 Å². The van der Waals surface area contributed by atoms with Crippen molar-refractivity contribution in [2.75, 3.05) is 6.61 Å². The molecule has 0 spiro atoms. The lowest BCUT2D eigenvalue weighted by Crippen LogP contribution is -2.01.